The van der Waals surface area contributed by atoms with Gasteiger partial charge in [-0.25, -0.2) is 0 Å². The summed E-state index contributed by atoms with van der Waals surface area (Å²) in [6.07, 6.45) is 14.2. The van der Waals surface area contributed by atoms with E-state index >= 15 is 0 Å². The van der Waals surface area contributed by atoms with Crippen molar-refractivity contribution in [3.8, 4) is 11.3 Å². The van der Waals surface area contributed by atoms with Gasteiger partial charge in [-0.3, -0.25) is 0 Å². The molecule has 0 aliphatic carbocycles. The molecule has 0 bridgehead atoms. The predicted molar refractivity (Wildman–Crippen MR) is 104 cm³/mol. The fourth-order valence-electron chi connectivity index (χ4n) is 2.83. The number of halogens is 1. The molecular weight excluding hydrogens is 433 g/mol. The standard InChI is InChI=1S/C22H19IN3/c1-3-17-8-9-19(23-21-10-7-16(2)11-12-24-21)18(14-17)22-20-6-4-5-13-26(20)15-25-22/h3-16H,1H2,2H3/q-1. The Morgan fingerprint density at radius 3 is 3.00 bits per heavy atom. The van der Waals surface area contributed by atoms with E-state index < -0.39 is 21.2 Å². The molecule has 3 heterocycles. The summed E-state index contributed by atoms with van der Waals surface area (Å²) in [7, 11) is 0. The summed E-state index contributed by atoms with van der Waals surface area (Å²) < 4.78 is 4.55. The second kappa shape index (κ2) is 7.41. The molecule has 1 aliphatic heterocycles. The van der Waals surface area contributed by atoms with Gasteiger partial charge in [-0.1, -0.05) is 0 Å². The summed E-state index contributed by atoms with van der Waals surface area (Å²) >= 11 is -0.406. The molecule has 1 unspecified atom stereocenters. The van der Waals surface area contributed by atoms with E-state index in [4.69, 9.17) is 4.98 Å². The predicted octanol–water partition coefficient (Wildman–Crippen LogP) is 2.02. The molecule has 3 nitrogen and oxygen atoms in total. The average molecular weight is 452 g/mol. The van der Waals surface area contributed by atoms with Crippen molar-refractivity contribution in [1.82, 2.24) is 9.38 Å². The summed E-state index contributed by atoms with van der Waals surface area (Å²) in [4.78, 5) is 9.35. The van der Waals surface area contributed by atoms with E-state index in [0.717, 1.165) is 16.8 Å². The van der Waals surface area contributed by atoms with Gasteiger partial charge < -0.3 is 0 Å². The molecule has 0 saturated heterocycles. The first kappa shape index (κ1) is 17.0. The number of nitrogens with zero attached hydrogens (tertiary/aromatic N) is 3. The van der Waals surface area contributed by atoms with Crippen LogP contribution < -0.4 is 21.2 Å². The third-order valence-corrected chi connectivity index (χ3v) is 6.96. The number of benzene rings is 1. The SMILES string of the molecule is C=Cc1ccc([I-]C2=NC=CC(C)C=C2)c(-c2ncn3ccccc23)c1. The van der Waals surface area contributed by atoms with Crippen LogP contribution in [0, 0.1) is 9.49 Å². The van der Waals surface area contributed by atoms with Crippen molar-refractivity contribution in [3.05, 3.63) is 89.1 Å². The summed E-state index contributed by atoms with van der Waals surface area (Å²) in [5.41, 5.74) is 4.43. The Morgan fingerprint density at radius 1 is 1.19 bits per heavy atom. The average Bonchev–Trinajstić information content (AvgIpc) is 2.99. The van der Waals surface area contributed by atoms with Crippen molar-refractivity contribution in [3.63, 3.8) is 0 Å². The van der Waals surface area contributed by atoms with Gasteiger partial charge in [0.2, 0.25) is 0 Å². The van der Waals surface area contributed by atoms with E-state index in [1.165, 1.54) is 12.9 Å². The summed E-state index contributed by atoms with van der Waals surface area (Å²) in [6, 6.07) is 12.7. The Balaban J connectivity index is 1.81. The van der Waals surface area contributed by atoms with Gasteiger partial charge in [0, 0.05) is 0 Å². The molecule has 0 saturated carbocycles. The first-order valence-electron chi connectivity index (χ1n) is 8.50. The van der Waals surface area contributed by atoms with Gasteiger partial charge in [0.15, 0.2) is 0 Å². The monoisotopic (exact) mass is 452 g/mol. The number of allylic oxidation sites excluding steroid dienone is 3. The zero-order valence-corrected chi connectivity index (χ0v) is 16.7. The Labute approximate surface area is 163 Å². The van der Waals surface area contributed by atoms with Crippen LogP contribution in [0.25, 0.3) is 22.9 Å². The van der Waals surface area contributed by atoms with Crippen LogP contribution in [0.4, 0.5) is 0 Å². The summed E-state index contributed by atoms with van der Waals surface area (Å²) in [5, 5.41) is 0. The third-order valence-electron chi connectivity index (χ3n) is 4.25. The number of aliphatic imine (C=N–C) groups is 1. The van der Waals surface area contributed by atoms with E-state index in [1.807, 2.05) is 30.9 Å². The van der Waals surface area contributed by atoms with Gasteiger partial charge in [0.05, 0.1) is 0 Å². The molecule has 0 spiro atoms. The topological polar surface area (TPSA) is 29.7 Å². The van der Waals surface area contributed by atoms with Gasteiger partial charge in [-0.15, -0.1) is 0 Å². The molecule has 1 aromatic carbocycles. The number of aromatic nitrogens is 2. The second-order valence-electron chi connectivity index (χ2n) is 6.14. The number of hydrogen-bond donors (Lipinski definition) is 0. The van der Waals surface area contributed by atoms with Crippen molar-refractivity contribution >= 4 is 15.3 Å². The number of rotatable bonds is 4. The molecule has 0 radical (unpaired) electrons. The van der Waals surface area contributed by atoms with Crippen LogP contribution in [0.2, 0.25) is 0 Å². The van der Waals surface area contributed by atoms with E-state index in [-0.39, 0.29) is 0 Å². The number of pyridine rings is 1. The van der Waals surface area contributed by atoms with Crippen LogP contribution in [0.1, 0.15) is 12.5 Å². The fourth-order valence-corrected chi connectivity index (χ4v) is 5.18. The minimum atomic E-state index is -0.406. The second-order valence-corrected chi connectivity index (χ2v) is 8.94. The Kier molecular flexibility index (Phi) is 4.84. The molecule has 0 fully saturated rings. The van der Waals surface area contributed by atoms with Crippen molar-refractivity contribution in [2.45, 2.75) is 6.92 Å². The zero-order valence-electron chi connectivity index (χ0n) is 14.5. The molecule has 1 atom stereocenters. The normalized spacial score (nSPS) is 16.7. The van der Waals surface area contributed by atoms with E-state index in [0.29, 0.717) is 5.92 Å². The van der Waals surface area contributed by atoms with Gasteiger partial charge in [-0.05, 0) is 0 Å². The van der Waals surface area contributed by atoms with Crippen LogP contribution in [-0.2, 0) is 0 Å². The zero-order chi connectivity index (χ0) is 17.9. The molecule has 3 aromatic rings. The first-order valence-corrected chi connectivity index (χ1v) is 10.7. The molecule has 4 rings (SSSR count). The molecule has 26 heavy (non-hydrogen) atoms. The van der Waals surface area contributed by atoms with Crippen LogP contribution in [-0.4, -0.2) is 13.1 Å². The Hall–Kier alpha value is -2.47. The van der Waals surface area contributed by atoms with Crippen molar-refractivity contribution < 1.29 is 21.2 Å². The van der Waals surface area contributed by atoms with Gasteiger partial charge in [-0.2, -0.15) is 0 Å². The van der Waals surface area contributed by atoms with Crippen LogP contribution in [0.3, 0.4) is 0 Å². The third kappa shape index (κ3) is 3.42. The minimum absolute atomic E-state index is 0.406. The summed E-state index contributed by atoms with van der Waals surface area (Å²) in [5.74, 6) is 0.431. The molecule has 0 N–H and O–H groups in total. The van der Waals surface area contributed by atoms with E-state index in [9.17, 15) is 0 Å². The van der Waals surface area contributed by atoms with Crippen molar-refractivity contribution in [2.24, 2.45) is 10.9 Å². The van der Waals surface area contributed by atoms with Crippen molar-refractivity contribution in [2.75, 3.05) is 0 Å². The quantitative estimate of drug-likeness (QED) is 0.558. The van der Waals surface area contributed by atoms with Crippen LogP contribution >= 0.6 is 0 Å². The van der Waals surface area contributed by atoms with Crippen LogP contribution in [0.15, 0.2) is 84.9 Å². The number of fused-ring (bicyclic) bond motifs is 1. The van der Waals surface area contributed by atoms with Crippen molar-refractivity contribution in [1.29, 1.82) is 0 Å². The van der Waals surface area contributed by atoms with Gasteiger partial charge >= 0.3 is 164 Å². The summed E-state index contributed by atoms with van der Waals surface area (Å²) in [6.45, 7) is 6.09. The van der Waals surface area contributed by atoms with Crippen LogP contribution in [0.5, 0.6) is 0 Å². The number of imidazole rings is 1. The maximum atomic E-state index is 4.70. The molecular formula is C22H19IN3-. The molecule has 0 amide bonds. The molecule has 1 aliphatic rings. The molecule has 2 aromatic heterocycles. The fraction of sp³-hybridized carbons (Fsp3) is 0.0909. The van der Waals surface area contributed by atoms with E-state index in [1.54, 1.807) is 0 Å². The molecule has 4 heteroatoms. The maximum absolute atomic E-state index is 4.70. The molecule has 130 valence electrons. The Bertz CT molecular complexity index is 1060. The Morgan fingerprint density at radius 2 is 2.12 bits per heavy atom. The van der Waals surface area contributed by atoms with E-state index in [2.05, 4.69) is 71.5 Å². The first-order chi connectivity index (χ1) is 12.7. The van der Waals surface area contributed by atoms with Gasteiger partial charge in [0.25, 0.3) is 0 Å². The number of hydrogen-bond acceptors (Lipinski definition) is 2. The van der Waals surface area contributed by atoms with Gasteiger partial charge in [0.1, 0.15) is 0 Å².